The Morgan fingerprint density at radius 2 is 1.96 bits per heavy atom. The molecule has 0 amide bonds. The molecule has 0 fully saturated rings. The SMILES string of the molecule is CNCC(O)c1cccc(OC(=O)[C@@H](N)Cc2ccccc2)c1. The first kappa shape index (κ1) is 17.1. The molecule has 0 bridgehead atoms. The van der Waals surface area contributed by atoms with E-state index in [9.17, 15) is 9.90 Å². The Kier molecular flexibility index (Phi) is 6.29. The van der Waals surface area contributed by atoms with Gasteiger partial charge in [-0.05, 0) is 36.7 Å². The zero-order valence-electron chi connectivity index (χ0n) is 13.1. The average molecular weight is 314 g/mol. The molecule has 0 spiro atoms. The van der Waals surface area contributed by atoms with Crippen molar-refractivity contribution in [2.75, 3.05) is 13.6 Å². The summed E-state index contributed by atoms with van der Waals surface area (Å²) in [5.74, 6) is -0.111. The number of carbonyl (C=O) groups is 1. The van der Waals surface area contributed by atoms with Gasteiger partial charge in [-0.25, -0.2) is 4.79 Å². The Labute approximate surface area is 136 Å². The van der Waals surface area contributed by atoms with Crippen molar-refractivity contribution in [3.63, 3.8) is 0 Å². The second-order valence-corrected chi connectivity index (χ2v) is 5.36. The molecule has 2 atom stereocenters. The van der Waals surface area contributed by atoms with E-state index in [0.717, 1.165) is 5.56 Å². The highest BCUT2D eigenvalue weighted by Crippen LogP contribution is 2.19. The minimum absolute atomic E-state index is 0.381. The lowest BCUT2D eigenvalue weighted by Gasteiger charge is -2.14. The molecule has 0 aliphatic rings. The van der Waals surface area contributed by atoms with Crippen LogP contribution in [0, 0.1) is 0 Å². The van der Waals surface area contributed by atoms with Gasteiger partial charge in [0.15, 0.2) is 0 Å². The number of aliphatic hydroxyl groups is 1. The van der Waals surface area contributed by atoms with Crippen molar-refractivity contribution in [3.05, 3.63) is 65.7 Å². The molecular formula is C18H22N2O3. The summed E-state index contributed by atoms with van der Waals surface area (Å²) in [6.45, 7) is 0.422. The lowest BCUT2D eigenvalue weighted by Crippen LogP contribution is -2.36. The highest BCUT2D eigenvalue weighted by molar-refractivity contribution is 5.78. The molecule has 1 unspecified atom stereocenters. The van der Waals surface area contributed by atoms with E-state index in [0.29, 0.717) is 24.3 Å². The number of esters is 1. The minimum atomic E-state index is -0.733. The van der Waals surface area contributed by atoms with Crippen molar-refractivity contribution in [1.82, 2.24) is 5.32 Å². The van der Waals surface area contributed by atoms with E-state index in [1.807, 2.05) is 30.3 Å². The van der Waals surface area contributed by atoms with E-state index < -0.39 is 18.1 Å². The van der Waals surface area contributed by atoms with Gasteiger partial charge in [0.1, 0.15) is 11.8 Å². The monoisotopic (exact) mass is 314 g/mol. The Balaban J connectivity index is 1.98. The molecule has 0 aliphatic heterocycles. The van der Waals surface area contributed by atoms with Gasteiger partial charge >= 0.3 is 5.97 Å². The first-order chi connectivity index (χ1) is 11.1. The van der Waals surface area contributed by atoms with Crippen LogP contribution in [-0.2, 0) is 11.2 Å². The summed E-state index contributed by atoms with van der Waals surface area (Å²) < 4.78 is 5.32. The summed E-state index contributed by atoms with van der Waals surface area (Å²) >= 11 is 0. The van der Waals surface area contributed by atoms with Gasteiger partial charge in [-0.2, -0.15) is 0 Å². The zero-order valence-corrected chi connectivity index (χ0v) is 13.1. The fourth-order valence-electron chi connectivity index (χ4n) is 2.24. The van der Waals surface area contributed by atoms with Crippen molar-refractivity contribution in [2.45, 2.75) is 18.6 Å². The number of hydrogen-bond acceptors (Lipinski definition) is 5. The number of benzene rings is 2. The van der Waals surface area contributed by atoms with Gasteiger partial charge in [-0.3, -0.25) is 0 Å². The first-order valence-electron chi connectivity index (χ1n) is 7.54. The van der Waals surface area contributed by atoms with Crippen molar-refractivity contribution in [3.8, 4) is 5.75 Å². The Morgan fingerprint density at radius 3 is 2.65 bits per heavy atom. The summed E-state index contributed by atoms with van der Waals surface area (Å²) in [6.07, 6.45) is -0.237. The summed E-state index contributed by atoms with van der Waals surface area (Å²) in [5.41, 5.74) is 7.57. The number of rotatable bonds is 7. The van der Waals surface area contributed by atoms with Crippen LogP contribution in [0.5, 0.6) is 5.75 Å². The molecule has 0 heterocycles. The van der Waals surface area contributed by atoms with Gasteiger partial charge in [-0.1, -0.05) is 42.5 Å². The third-order valence-corrected chi connectivity index (χ3v) is 3.46. The van der Waals surface area contributed by atoms with E-state index in [2.05, 4.69) is 5.32 Å². The maximum Gasteiger partial charge on any atom is 0.328 e. The highest BCUT2D eigenvalue weighted by atomic mass is 16.5. The molecule has 122 valence electrons. The minimum Gasteiger partial charge on any atom is -0.425 e. The van der Waals surface area contributed by atoms with Crippen LogP contribution in [0.2, 0.25) is 0 Å². The molecular weight excluding hydrogens is 292 g/mol. The fourth-order valence-corrected chi connectivity index (χ4v) is 2.24. The predicted octanol–water partition coefficient (Wildman–Crippen LogP) is 1.41. The highest BCUT2D eigenvalue weighted by Gasteiger charge is 2.17. The number of ether oxygens (including phenoxy) is 1. The molecule has 0 aliphatic carbocycles. The molecule has 5 nitrogen and oxygen atoms in total. The molecule has 4 N–H and O–H groups in total. The molecule has 0 saturated heterocycles. The average Bonchev–Trinajstić information content (AvgIpc) is 2.56. The summed E-state index contributed by atoms with van der Waals surface area (Å²) in [4.78, 5) is 12.1. The van der Waals surface area contributed by atoms with Gasteiger partial charge in [-0.15, -0.1) is 0 Å². The van der Waals surface area contributed by atoms with Crippen LogP contribution in [0.1, 0.15) is 17.2 Å². The first-order valence-corrected chi connectivity index (χ1v) is 7.54. The van der Waals surface area contributed by atoms with Crippen LogP contribution in [0.25, 0.3) is 0 Å². The van der Waals surface area contributed by atoms with E-state index in [4.69, 9.17) is 10.5 Å². The van der Waals surface area contributed by atoms with Crippen LogP contribution in [-0.4, -0.2) is 30.7 Å². The molecule has 2 aromatic rings. The Hall–Kier alpha value is -2.21. The standard InChI is InChI=1S/C18H22N2O3/c1-20-12-17(21)14-8-5-9-15(11-14)23-18(22)16(19)10-13-6-3-2-4-7-13/h2-9,11,16-17,20-21H,10,12,19H2,1H3/t16-,17?/m0/s1. The lowest BCUT2D eigenvalue weighted by molar-refractivity contribution is -0.135. The van der Waals surface area contributed by atoms with Crippen LogP contribution < -0.4 is 15.8 Å². The number of nitrogens with one attached hydrogen (secondary N) is 1. The number of hydrogen-bond donors (Lipinski definition) is 3. The van der Waals surface area contributed by atoms with Crippen molar-refractivity contribution >= 4 is 5.97 Å². The third kappa shape index (κ3) is 5.17. The van der Waals surface area contributed by atoms with Gasteiger partial charge < -0.3 is 20.9 Å². The Bertz CT molecular complexity index is 631. The van der Waals surface area contributed by atoms with Crippen LogP contribution >= 0.6 is 0 Å². The van der Waals surface area contributed by atoms with Crippen molar-refractivity contribution in [1.29, 1.82) is 0 Å². The number of carbonyl (C=O) groups excluding carboxylic acids is 1. The largest absolute Gasteiger partial charge is 0.425 e. The third-order valence-electron chi connectivity index (χ3n) is 3.46. The topological polar surface area (TPSA) is 84.6 Å². The summed E-state index contributed by atoms with van der Waals surface area (Å²) in [5, 5.41) is 12.8. The normalized spacial score (nSPS) is 13.3. The quantitative estimate of drug-likeness (QED) is 0.531. The van der Waals surface area contributed by atoms with Crippen LogP contribution in [0.4, 0.5) is 0 Å². The van der Waals surface area contributed by atoms with Gasteiger partial charge in [0.05, 0.1) is 6.10 Å². The van der Waals surface area contributed by atoms with Crippen molar-refractivity contribution < 1.29 is 14.6 Å². The molecule has 23 heavy (non-hydrogen) atoms. The van der Waals surface area contributed by atoms with Crippen LogP contribution in [0.3, 0.4) is 0 Å². The van der Waals surface area contributed by atoms with Gasteiger partial charge in [0, 0.05) is 6.54 Å². The molecule has 2 aromatic carbocycles. The summed E-state index contributed by atoms with van der Waals surface area (Å²) in [7, 11) is 1.76. The number of likely N-dealkylation sites (N-methyl/N-ethyl adjacent to an activating group) is 1. The summed E-state index contributed by atoms with van der Waals surface area (Å²) in [6, 6.07) is 15.7. The Morgan fingerprint density at radius 1 is 1.22 bits per heavy atom. The predicted molar refractivity (Wildman–Crippen MR) is 89.1 cm³/mol. The smallest absolute Gasteiger partial charge is 0.328 e. The maximum atomic E-state index is 12.1. The molecule has 0 saturated carbocycles. The zero-order chi connectivity index (χ0) is 16.7. The number of aliphatic hydroxyl groups excluding tert-OH is 1. The van der Waals surface area contributed by atoms with E-state index in [1.165, 1.54) is 0 Å². The molecule has 0 aromatic heterocycles. The molecule has 5 heteroatoms. The molecule has 2 rings (SSSR count). The second kappa shape index (κ2) is 8.43. The van der Waals surface area contributed by atoms with E-state index >= 15 is 0 Å². The maximum absolute atomic E-state index is 12.1. The van der Waals surface area contributed by atoms with Gasteiger partial charge in [0.2, 0.25) is 0 Å². The van der Waals surface area contributed by atoms with Crippen molar-refractivity contribution in [2.24, 2.45) is 5.73 Å². The van der Waals surface area contributed by atoms with Crippen LogP contribution in [0.15, 0.2) is 54.6 Å². The lowest BCUT2D eigenvalue weighted by atomic mass is 10.1. The number of nitrogens with two attached hydrogens (primary N) is 1. The fraction of sp³-hybridized carbons (Fsp3) is 0.278. The molecule has 0 radical (unpaired) electrons. The second-order valence-electron chi connectivity index (χ2n) is 5.36. The van der Waals surface area contributed by atoms with Gasteiger partial charge in [0.25, 0.3) is 0 Å². The van der Waals surface area contributed by atoms with E-state index in [1.54, 1.807) is 31.3 Å². The van der Waals surface area contributed by atoms with E-state index in [-0.39, 0.29) is 0 Å².